The van der Waals surface area contributed by atoms with Crippen LogP contribution in [-0.2, 0) is 20.7 Å². The van der Waals surface area contributed by atoms with Gasteiger partial charge in [-0.15, -0.1) is 0 Å². The SMILES string of the molecule is COc1cc(CC(=O)N2CCCC3(C2)OCCO3)cc(OC)c1OC. The van der Waals surface area contributed by atoms with Gasteiger partial charge in [0.1, 0.15) is 0 Å². The third-order valence-corrected chi connectivity index (χ3v) is 4.66. The third-order valence-electron chi connectivity index (χ3n) is 4.66. The predicted molar refractivity (Wildman–Crippen MR) is 90.3 cm³/mol. The maximum atomic E-state index is 12.8. The first-order chi connectivity index (χ1) is 12.1. The first kappa shape index (κ1) is 17.8. The van der Waals surface area contributed by atoms with Crippen LogP contribution in [0.2, 0.25) is 0 Å². The summed E-state index contributed by atoms with van der Waals surface area (Å²) in [5.41, 5.74) is 0.812. The highest BCUT2D eigenvalue weighted by molar-refractivity contribution is 5.79. The van der Waals surface area contributed by atoms with Gasteiger partial charge in [-0.25, -0.2) is 0 Å². The second-order valence-corrected chi connectivity index (χ2v) is 6.24. The molecule has 25 heavy (non-hydrogen) atoms. The van der Waals surface area contributed by atoms with E-state index in [0.29, 0.717) is 37.0 Å². The van der Waals surface area contributed by atoms with E-state index in [1.807, 2.05) is 17.0 Å². The average molecular weight is 351 g/mol. The predicted octanol–water partition coefficient (Wildman–Crippen LogP) is 1.62. The van der Waals surface area contributed by atoms with Crippen molar-refractivity contribution in [3.63, 3.8) is 0 Å². The van der Waals surface area contributed by atoms with Crippen LogP contribution >= 0.6 is 0 Å². The molecule has 0 atom stereocenters. The summed E-state index contributed by atoms with van der Waals surface area (Å²) in [6.45, 7) is 2.39. The number of carbonyl (C=O) groups excluding carboxylic acids is 1. The number of hydrogen-bond donors (Lipinski definition) is 0. The summed E-state index contributed by atoms with van der Waals surface area (Å²) in [7, 11) is 4.68. The smallest absolute Gasteiger partial charge is 0.227 e. The molecule has 0 aromatic heterocycles. The van der Waals surface area contributed by atoms with E-state index in [0.717, 1.165) is 24.9 Å². The Morgan fingerprint density at radius 2 is 1.76 bits per heavy atom. The van der Waals surface area contributed by atoms with Gasteiger partial charge in [-0.1, -0.05) is 0 Å². The Labute approximate surface area is 147 Å². The number of amides is 1. The van der Waals surface area contributed by atoms with Crippen molar-refractivity contribution in [1.29, 1.82) is 0 Å². The van der Waals surface area contributed by atoms with E-state index >= 15 is 0 Å². The Morgan fingerprint density at radius 1 is 1.12 bits per heavy atom. The van der Waals surface area contributed by atoms with Crippen LogP contribution in [0.5, 0.6) is 17.2 Å². The molecule has 1 spiro atoms. The van der Waals surface area contributed by atoms with E-state index in [1.54, 1.807) is 21.3 Å². The van der Waals surface area contributed by atoms with Gasteiger partial charge in [-0.2, -0.15) is 0 Å². The van der Waals surface area contributed by atoms with Crippen molar-refractivity contribution in [2.75, 3.05) is 47.6 Å². The fourth-order valence-electron chi connectivity index (χ4n) is 3.46. The monoisotopic (exact) mass is 351 g/mol. The van der Waals surface area contributed by atoms with Gasteiger partial charge in [0, 0.05) is 13.0 Å². The number of nitrogens with zero attached hydrogens (tertiary/aromatic N) is 1. The van der Waals surface area contributed by atoms with Crippen LogP contribution in [0.3, 0.4) is 0 Å². The van der Waals surface area contributed by atoms with Crippen molar-refractivity contribution < 1.29 is 28.5 Å². The van der Waals surface area contributed by atoms with Crippen LogP contribution in [-0.4, -0.2) is 64.2 Å². The molecule has 0 aliphatic carbocycles. The van der Waals surface area contributed by atoms with Gasteiger partial charge in [0.15, 0.2) is 17.3 Å². The van der Waals surface area contributed by atoms with Gasteiger partial charge in [-0.05, 0) is 24.1 Å². The molecule has 1 aromatic rings. The van der Waals surface area contributed by atoms with E-state index in [1.165, 1.54) is 0 Å². The van der Waals surface area contributed by atoms with Crippen molar-refractivity contribution in [3.8, 4) is 17.2 Å². The highest BCUT2D eigenvalue weighted by atomic mass is 16.7. The first-order valence-corrected chi connectivity index (χ1v) is 8.45. The molecular weight excluding hydrogens is 326 g/mol. The summed E-state index contributed by atoms with van der Waals surface area (Å²) in [6.07, 6.45) is 1.97. The molecule has 2 fully saturated rings. The molecule has 1 amide bonds. The summed E-state index contributed by atoms with van der Waals surface area (Å²) < 4.78 is 27.5. The molecule has 7 nitrogen and oxygen atoms in total. The summed E-state index contributed by atoms with van der Waals surface area (Å²) in [6, 6.07) is 3.61. The quantitative estimate of drug-likeness (QED) is 0.803. The number of hydrogen-bond acceptors (Lipinski definition) is 6. The fourth-order valence-corrected chi connectivity index (χ4v) is 3.46. The van der Waals surface area contributed by atoms with E-state index in [9.17, 15) is 4.79 Å². The Bertz CT molecular complexity index is 601. The lowest BCUT2D eigenvalue weighted by Gasteiger charge is -2.38. The number of likely N-dealkylation sites (tertiary alicyclic amines) is 1. The number of methoxy groups -OCH3 is 3. The summed E-state index contributed by atoms with van der Waals surface area (Å²) in [5.74, 6) is 1.03. The van der Waals surface area contributed by atoms with Gasteiger partial charge < -0.3 is 28.6 Å². The van der Waals surface area contributed by atoms with E-state index in [-0.39, 0.29) is 12.3 Å². The number of rotatable bonds is 5. The van der Waals surface area contributed by atoms with Crippen LogP contribution in [0.1, 0.15) is 18.4 Å². The molecule has 0 N–H and O–H groups in total. The van der Waals surface area contributed by atoms with E-state index < -0.39 is 5.79 Å². The van der Waals surface area contributed by atoms with Crippen LogP contribution in [0.25, 0.3) is 0 Å². The van der Waals surface area contributed by atoms with Crippen molar-refractivity contribution in [2.24, 2.45) is 0 Å². The van der Waals surface area contributed by atoms with Crippen molar-refractivity contribution >= 4 is 5.91 Å². The number of piperidine rings is 1. The lowest BCUT2D eigenvalue weighted by Crippen LogP contribution is -2.51. The lowest BCUT2D eigenvalue weighted by atomic mass is 10.0. The maximum absolute atomic E-state index is 12.8. The molecule has 7 heteroatoms. The van der Waals surface area contributed by atoms with Crippen molar-refractivity contribution in [3.05, 3.63) is 17.7 Å². The molecule has 2 aliphatic heterocycles. The minimum absolute atomic E-state index is 0.0347. The lowest BCUT2D eigenvalue weighted by molar-refractivity contribution is -0.192. The minimum atomic E-state index is -0.608. The molecule has 3 rings (SSSR count). The largest absolute Gasteiger partial charge is 0.493 e. The molecule has 0 bridgehead atoms. The Hall–Kier alpha value is -1.99. The van der Waals surface area contributed by atoms with Crippen LogP contribution in [0.4, 0.5) is 0 Å². The molecule has 0 saturated carbocycles. The number of carbonyl (C=O) groups is 1. The van der Waals surface area contributed by atoms with Gasteiger partial charge in [0.2, 0.25) is 11.7 Å². The zero-order chi connectivity index (χ0) is 17.9. The third kappa shape index (κ3) is 3.67. The summed E-state index contributed by atoms with van der Waals surface area (Å²) in [5, 5.41) is 0. The van der Waals surface area contributed by atoms with E-state index in [2.05, 4.69) is 0 Å². The summed E-state index contributed by atoms with van der Waals surface area (Å²) >= 11 is 0. The number of benzene rings is 1. The van der Waals surface area contributed by atoms with Crippen LogP contribution < -0.4 is 14.2 Å². The molecule has 2 saturated heterocycles. The molecule has 1 aromatic carbocycles. The maximum Gasteiger partial charge on any atom is 0.227 e. The second-order valence-electron chi connectivity index (χ2n) is 6.24. The topological polar surface area (TPSA) is 66.5 Å². The highest BCUT2D eigenvalue weighted by Gasteiger charge is 2.42. The molecule has 138 valence electrons. The number of ether oxygens (including phenoxy) is 5. The minimum Gasteiger partial charge on any atom is -0.493 e. The van der Waals surface area contributed by atoms with Crippen molar-refractivity contribution in [1.82, 2.24) is 4.90 Å². The van der Waals surface area contributed by atoms with Gasteiger partial charge >= 0.3 is 0 Å². The summed E-state index contributed by atoms with van der Waals surface area (Å²) in [4.78, 5) is 14.6. The molecular formula is C18H25NO6. The molecule has 2 aliphatic rings. The van der Waals surface area contributed by atoms with Crippen molar-refractivity contribution in [2.45, 2.75) is 25.0 Å². The van der Waals surface area contributed by atoms with Crippen LogP contribution in [0, 0.1) is 0 Å². The molecule has 0 unspecified atom stereocenters. The van der Waals surface area contributed by atoms with E-state index in [4.69, 9.17) is 23.7 Å². The Morgan fingerprint density at radius 3 is 2.32 bits per heavy atom. The van der Waals surface area contributed by atoms with Gasteiger partial charge in [0.05, 0.1) is 47.5 Å². The molecule has 0 radical (unpaired) electrons. The highest BCUT2D eigenvalue weighted by Crippen LogP contribution is 2.38. The molecule has 2 heterocycles. The zero-order valence-corrected chi connectivity index (χ0v) is 15.0. The Balaban J connectivity index is 1.74. The van der Waals surface area contributed by atoms with Gasteiger partial charge in [-0.3, -0.25) is 4.79 Å². The average Bonchev–Trinajstić information content (AvgIpc) is 3.08. The standard InChI is InChI=1S/C18H25NO6/c1-21-14-9-13(10-15(22-2)17(14)23-3)11-16(20)19-6-4-5-18(12-19)24-7-8-25-18/h9-10H,4-8,11-12H2,1-3H3. The normalized spacial score (nSPS) is 19.1. The fraction of sp³-hybridized carbons (Fsp3) is 0.611. The van der Waals surface area contributed by atoms with Crippen LogP contribution in [0.15, 0.2) is 12.1 Å². The second kappa shape index (κ2) is 7.49. The first-order valence-electron chi connectivity index (χ1n) is 8.45. The van der Waals surface area contributed by atoms with Gasteiger partial charge in [0.25, 0.3) is 0 Å². The Kier molecular flexibility index (Phi) is 5.34. The zero-order valence-electron chi connectivity index (χ0n) is 15.0.